The molecule has 0 bridgehead atoms. The van der Waals surface area contributed by atoms with E-state index in [4.69, 9.17) is 0 Å². The number of amides is 1. The highest BCUT2D eigenvalue weighted by Gasteiger charge is 2.23. The highest BCUT2D eigenvalue weighted by Crippen LogP contribution is 2.22. The number of nitrogens with zero attached hydrogens (tertiary/aromatic N) is 3. The number of nitro benzene ring substituents is 1. The molecule has 0 spiro atoms. The van der Waals surface area contributed by atoms with Gasteiger partial charge in [-0.05, 0) is 35.2 Å². The van der Waals surface area contributed by atoms with Crippen LogP contribution >= 0.6 is 11.3 Å². The number of hydrogen-bond acceptors (Lipinski definition) is 7. The summed E-state index contributed by atoms with van der Waals surface area (Å²) in [6.45, 7) is 2.87. The van der Waals surface area contributed by atoms with Crippen molar-refractivity contribution < 1.29 is 18.1 Å². The Morgan fingerprint density at radius 2 is 1.79 bits per heavy atom. The first-order valence-corrected chi connectivity index (χ1v) is 12.6. The molecular weight excluding hydrogens is 464 g/mol. The Bertz CT molecular complexity index is 1250. The van der Waals surface area contributed by atoms with Gasteiger partial charge in [-0.15, -0.1) is 11.3 Å². The quantitative estimate of drug-likeness (QED) is 0.404. The van der Waals surface area contributed by atoms with Crippen LogP contribution in [0.3, 0.4) is 0 Å². The Morgan fingerprint density at radius 3 is 2.48 bits per heavy atom. The summed E-state index contributed by atoms with van der Waals surface area (Å²) in [6, 6.07) is 16.2. The molecule has 1 aliphatic rings. The van der Waals surface area contributed by atoms with Crippen LogP contribution < -0.4 is 4.72 Å². The molecular formula is C22H22N4O5S2. The molecule has 1 fully saturated rings. The largest absolute Gasteiger partial charge is 0.336 e. The molecule has 2 heterocycles. The number of piperazine rings is 1. The van der Waals surface area contributed by atoms with Crippen LogP contribution in [-0.2, 0) is 16.6 Å². The van der Waals surface area contributed by atoms with Gasteiger partial charge in [-0.1, -0.05) is 24.3 Å². The highest BCUT2D eigenvalue weighted by molar-refractivity contribution is 7.94. The van der Waals surface area contributed by atoms with Crippen LogP contribution in [0.2, 0.25) is 0 Å². The fourth-order valence-electron chi connectivity index (χ4n) is 3.66. The fourth-order valence-corrected chi connectivity index (χ4v) is 5.70. The number of hydrogen-bond donors (Lipinski definition) is 1. The van der Waals surface area contributed by atoms with Crippen LogP contribution in [0.5, 0.6) is 0 Å². The topological polar surface area (TPSA) is 113 Å². The second-order valence-corrected chi connectivity index (χ2v) is 10.5. The minimum Gasteiger partial charge on any atom is -0.336 e. The summed E-state index contributed by atoms with van der Waals surface area (Å²) in [4.78, 5) is 27.4. The lowest BCUT2D eigenvalue weighted by molar-refractivity contribution is -0.384. The van der Waals surface area contributed by atoms with E-state index in [2.05, 4.69) is 9.62 Å². The summed E-state index contributed by atoms with van der Waals surface area (Å²) in [7, 11) is -3.69. The molecule has 1 saturated heterocycles. The van der Waals surface area contributed by atoms with Gasteiger partial charge in [-0.3, -0.25) is 24.5 Å². The standard InChI is InChI=1S/C22H22N4O5S2/c27-22(18-5-2-6-19(15-18)23-33(30,31)21-8-3-13-32-21)25-11-9-24(10-12-25)16-17-4-1-7-20(14-17)26(28)29/h1-8,13-15,23H,9-12,16H2. The van der Waals surface area contributed by atoms with Gasteiger partial charge in [0.2, 0.25) is 0 Å². The Kier molecular flexibility index (Phi) is 6.72. The van der Waals surface area contributed by atoms with E-state index in [1.54, 1.807) is 52.7 Å². The predicted molar refractivity (Wildman–Crippen MR) is 126 cm³/mol. The lowest BCUT2D eigenvalue weighted by Crippen LogP contribution is -2.48. The SMILES string of the molecule is O=C(c1cccc(NS(=O)(=O)c2cccs2)c1)N1CCN(Cc2cccc([N+](=O)[O-])c2)CC1. The second-order valence-electron chi connectivity index (χ2n) is 7.61. The normalized spacial score (nSPS) is 14.7. The van der Waals surface area contributed by atoms with Crippen molar-refractivity contribution >= 4 is 38.6 Å². The van der Waals surface area contributed by atoms with E-state index in [-0.39, 0.29) is 15.8 Å². The van der Waals surface area contributed by atoms with E-state index in [0.29, 0.717) is 44.0 Å². The average Bonchev–Trinajstić information content (AvgIpc) is 3.35. The predicted octanol–water partition coefficient (Wildman–Crippen LogP) is 3.42. The third-order valence-electron chi connectivity index (χ3n) is 5.31. The highest BCUT2D eigenvalue weighted by atomic mass is 32.2. The molecule has 0 aliphatic carbocycles. The van der Waals surface area contributed by atoms with Crippen molar-refractivity contribution in [1.29, 1.82) is 0 Å². The van der Waals surface area contributed by atoms with Crippen LogP contribution in [-0.4, -0.2) is 55.2 Å². The van der Waals surface area contributed by atoms with E-state index < -0.39 is 14.9 Å². The Labute approximate surface area is 195 Å². The zero-order valence-electron chi connectivity index (χ0n) is 17.6. The summed E-state index contributed by atoms with van der Waals surface area (Å²) in [5, 5.41) is 12.7. The molecule has 172 valence electrons. The Hall–Kier alpha value is -3.28. The lowest BCUT2D eigenvalue weighted by atomic mass is 10.1. The molecule has 4 rings (SSSR count). The molecule has 1 N–H and O–H groups in total. The number of carbonyl (C=O) groups is 1. The first-order valence-electron chi connectivity index (χ1n) is 10.2. The summed E-state index contributed by atoms with van der Waals surface area (Å²) >= 11 is 1.12. The van der Waals surface area contributed by atoms with Gasteiger partial charge in [0.15, 0.2) is 0 Å². The summed E-state index contributed by atoms with van der Waals surface area (Å²) in [6.07, 6.45) is 0. The van der Waals surface area contributed by atoms with E-state index >= 15 is 0 Å². The number of rotatable bonds is 7. The number of nitrogens with one attached hydrogen (secondary N) is 1. The summed E-state index contributed by atoms with van der Waals surface area (Å²) < 4.78 is 27.6. The molecule has 0 radical (unpaired) electrons. The van der Waals surface area contributed by atoms with Crippen molar-refractivity contribution in [3.8, 4) is 0 Å². The molecule has 0 saturated carbocycles. The van der Waals surface area contributed by atoms with Crippen LogP contribution in [0.25, 0.3) is 0 Å². The van der Waals surface area contributed by atoms with Crippen molar-refractivity contribution in [1.82, 2.24) is 9.80 Å². The first kappa shape index (κ1) is 22.9. The van der Waals surface area contributed by atoms with Crippen molar-refractivity contribution in [2.24, 2.45) is 0 Å². The summed E-state index contributed by atoms with van der Waals surface area (Å²) in [5.41, 5.74) is 1.66. The number of sulfonamides is 1. The van der Waals surface area contributed by atoms with Gasteiger partial charge in [-0.25, -0.2) is 8.42 Å². The lowest BCUT2D eigenvalue weighted by Gasteiger charge is -2.34. The zero-order valence-corrected chi connectivity index (χ0v) is 19.2. The maximum absolute atomic E-state index is 13.0. The van der Waals surface area contributed by atoms with E-state index in [9.17, 15) is 23.3 Å². The smallest absolute Gasteiger partial charge is 0.271 e. The maximum atomic E-state index is 13.0. The number of nitro groups is 1. The maximum Gasteiger partial charge on any atom is 0.271 e. The van der Waals surface area contributed by atoms with E-state index in [1.165, 1.54) is 12.1 Å². The molecule has 2 aromatic carbocycles. The molecule has 1 aliphatic heterocycles. The minimum atomic E-state index is -3.69. The number of non-ortho nitro benzene ring substituents is 1. The molecule has 3 aromatic rings. The number of anilines is 1. The van der Waals surface area contributed by atoms with Gasteiger partial charge >= 0.3 is 0 Å². The van der Waals surface area contributed by atoms with Gasteiger partial charge < -0.3 is 4.90 Å². The molecule has 1 aromatic heterocycles. The molecule has 11 heteroatoms. The van der Waals surface area contributed by atoms with E-state index in [0.717, 1.165) is 16.9 Å². The molecule has 1 amide bonds. The number of carbonyl (C=O) groups excluding carboxylic acids is 1. The van der Waals surface area contributed by atoms with Crippen LogP contribution in [0.15, 0.2) is 70.3 Å². The summed E-state index contributed by atoms with van der Waals surface area (Å²) in [5.74, 6) is -0.165. The van der Waals surface area contributed by atoms with Crippen LogP contribution in [0.1, 0.15) is 15.9 Å². The molecule has 9 nitrogen and oxygen atoms in total. The van der Waals surface area contributed by atoms with Gasteiger partial charge in [0.05, 0.1) is 4.92 Å². The Balaban J connectivity index is 1.36. The molecule has 0 atom stereocenters. The third-order valence-corrected chi connectivity index (χ3v) is 8.09. The second kappa shape index (κ2) is 9.69. The fraction of sp³-hybridized carbons (Fsp3) is 0.227. The number of benzene rings is 2. The van der Waals surface area contributed by atoms with Crippen LogP contribution in [0, 0.1) is 10.1 Å². The van der Waals surface area contributed by atoms with Gasteiger partial charge in [-0.2, -0.15) is 0 Å². The van der Waals surface area contributed by atoms with Gasteiger partial charge in [0, 0.05) is 56.1 Å². The first-order chi connectivity index (χ1) is 15.8. The molecule has 0 unspecified atom stereocenters. The average molecular weight is 487 g/mol. The zero-order chi connectivity index (χ0) is 23.4. The van der Waals surface area contributed by atoms with Crippen molar-refractivity contribution in [3.63, 3.8) is 0 Å². The van der Waals surface area contributed by atoms with E-state index in [1.807, 2.05) is 6.07 Å². The minimum absolute atomic E-state index is 0.0656. The molecule has 33 heavy (non-hydrogen) atoms. The van der Waals surface area contributed by atoms with Gasteiger partial charge in [0.1, 0.15) is 4.21 Å². The van der Waals surface area contributed by atoms with Crippen molar-refractivity contribution in [3.05, 3.63) is 87.3 Å². The number of thiophene rings is 1. The van der Waals surface area contributed by atoms with Crippen molar-refractivity contribution in [2.45, 2.75) is 10.8 Å². The third kappa shape index (κ3) is 5.56. The Morgan fingerprint density at radius 1 is 1.03 bits per heavy atom. The van der Waals surface area contributed by atoms with Gasteiger partial charge in [0.25, 0.3) is 21.6 Å². The monoisotopic (exact) mass is 486 g/mol. The van der Waals surface area contributed by atoms with Crippen molar-refractivity contribution in [2.75, 3.05) is 30.9 Å². The van der Waals surface area contributed by atoms with Crippen LogP contribution in [0.4, 0.5) is 11.4 Å².